The van der Waals surface area contributed by atoms with E-state index in [1.54, 1.807) is 28.8 Å². The summed E-state index contributed by atoms with van der Waals surface area (Å²) in [5.41, 5.74) is 2.30. The largest absolute Gasteiger partial charge is 0.528 e. The first-order chi connectivity index (χ1) is 21.8. The van der Waals surface area contributed by atoms with Crippen LogP contribution in [0.3, 0.4) is 0 Å². The van der Waals surface area contributed by atoms with Crippen LogP contribution < -0.4 is 25.8 Å². The summed E-state index contributed by atoms with van der Waals surface area (Å²) in [6.07, 6.45) is -0.0710. The number of hydrogen-bond acceptors (Lipinski definition) is 10. The predicted molar refractivity (Wildman–Crippen MR) is 174 cm³/mol. The summed E-state index contributed by atoms with van der Waals surface area (Å²) >= 11 is 1.39. The van der Waals surface area contributed by atoms with E-state index in [2.05, 4.69) is 14.7 Å². The Morgan fingerprint density at radius 3 is 2.30 bits per heavy atom. The van der Waals surface area contributed by atoms with Gasteiger partial charge in [0.25, 0.3) is 5.56 Å². The monoisotopic (exact) mass is 639 g/mol. The molecule has 3 heterocycles. The van der Waals surface area contributed by atoms with Gasteiger partial charge in [-0.3, -0.25) is 18.7 Å². The van der Waals surface area contributed by atoms with Crippen molar-refractivity contribution >= 4 is 27.3 Å². The molecule has 0 spiro atoms. The van der Waals surface area contributed by atoms with Crippen LogP contribution in [0.15, 0.2) is 86.9 Å². The zero-order chi connectivity index (χ0) is 31.7. The molecule has 11 nitrogen and oxygen atoms in total. The number of fused-ring (bicyclic) bond motifs is 1. The quantitative estimate of drug-likeness (QED) is 0.186. The van der Waals surface area contributed by atoms with Gasteiger partial charge in [0.15, 0.2) is 29.2 Å². The molecule has 3 aromatic carbocycles. The first-order valence-corrected chi connectivity index (χ1v) is 14.8. The number of aromatic nitrogens is 4. The van der Waals surface area contributed by atoms with E-state index in [0.29, 0.717) is 33.7 Å². The van der Waals surface area contributed by atoms with E-state index < -0.39 is 29.7 Å². The summed E-state index contributed by atoms with van der Waals surface area (Å²) in [6, 6.07) is 21.5. The average Bonchev–Trinajstić information content (AvgIpc) is 3.71. The Bertz CT molecular complexity index is 2160. The topological polar surface area (TPSA) is 142 Å². The maximum atomic E-state index is 13.9. The third-order valence-electron chi connectivity index (χ3n) is 7.48. The van der Waals surface area contributed by atoms with Gasteiger partial charge in [-0.25, -0.2) is 9.78 Å². The molecule has 0 aliphatic carbocycles. The van der Waals surface area contributed by atoms with Crippen molar-refractivity contribution in [3.8, 4) is 40.1 Å². The fraction of sp³-hybridized carbons (Fsp3) is 0.206. The van der Waals surface area contributed by atoms with E-state index >= 15 is 0 Å². The van der Waals surface area contributed by atoms with Gasteiger partial charge >= 0.3 is 5.69 Å². The lowest BCUT2D eigenvalue weighted by atomic mass is 9.98. The number of ketones is 1. The predicted octanol–water partition coefficient (Wildman–Crippen LogP) is 5.16. The summed E-state index contributed by atoms with van der Waals surface area (Å²) in [5.74, 6) is 0.609. The maximum absolute atomic E-state index is 13.9. The first-order valence-electron chi connectivity index (χ1n) is 14.0. The SMILES string of the molecule is C.CCc1cc2c(=O)n(CC(=O)c3ccc(OC)c(OC)c3)c(=O)n(Cc3ccc(-c4ccccc4-c4noc([O-])n4)cc3)c2s1. The highest BCUT2D eigenvalue weighted by Gasteiger charge is 2.20. The number of Topliss-reactive ketones (excluding diaryl/α,β-unsaturated/α-hetero) is 1. The van der Waals surface area contributed by atoms with Crippen LogP contribution in [0.5, 0.6) is 17.6 Å². The number of thiophene rings is 1. The fourth-order valence-electron chi connectivity index (χ4n) is 5.17. The van der Waals surface area contributed by atoms with Crippen LogP contribution in [0.25, 0.3) is 32.7 Å². The van der Waals surface area contributed by atoms with Gasteiger partial charge < -0.3 is 19.1 Å². The number of hydrogen-bond donors (Lipinski definition) is 0. The Morgan fingerprint density at radius 1 is 0.935 bits per heavy atom. The van der Waals surface area contributed by atoms with Gasteiger partial charge in [0, 0.05) is 16.0 Å². The van der Waals surface area contributed by atoms with Gasteiger partial charge in [-0.05, 0) is 47.4 Å². The van der Waals surface area contributed by atoms with Crippen LogP contribution in [0.2, 0.25) is 0 Å². The molecule has 0 aliphatic rings. The summed E-state index contributed by atoms with van der Waals surface area (Å²) < 4.78 is 17.7. The molecule has 6 rings (SSSR count). The lowest BCUT2D eigenvalue weighted by Crippen LogP contribution is -2.41. The van der Waals surface area contributed by atoms with Gasteiger partial charge in [-0.2, -0.15) is 5.16 Å². The highest BCUT2D eigenvalue weighted by atomic mass is 32.1. The number of carbonyl (C=O) groups is 1. The summed E-state index contributed by atoms with van der Waals surface area (Å²) in [6.45, 7) is 1.72. The molecule has 0 atom stereocenters. The zero-order valence-electron chi connectivity index (χ0n) is 24.6. The van der Waals surface area contributed by atoms with E-state index in [1.165, 1.54) is 31.6 Å². The molecule has 0 saturated carbocycles. The third-order valence-corrected chi connectivity index (χ3v) is 8.79. The number of nitrogens with zero attached hydrogens (tertiary/aromatic N) is 4. The van der Waals surface area contributed by atoms with E-state index in [9.17, 15) is 19.5 Å². The van der Waals surface area contributed by atoms with E-state index in [4.69, 9.17) is 9.47 Å². The summed E-state index contributed by atoms with van der Waals surface area (Å²) in [7, 11) is 2.96. The average molecular weight is 640 g/mol. The van der Waals surface area contributed by atoms with Gasteiger partial charge in [-0.15, -0.1) is 11.3 Å². The van der Waals surface area contributed by atoms with Crippen molar-refractivity contribution in [2.75, 3.05) is 14.2 Å². The van der Waals surface area contributed by atoms with Crippen LogP contribution >= 0.6 is 11.3 Å². The normalized spacial score (nSPS) is 10.9. The third kappa shape index (κ3) is 5.94. The second-order valence-electron chi connectivity index (χ2n) is 10.2. The molecular formula is C34H31N4O7S-. The van der Waals surface area contributed by atoms with Gasteiger partial charge in [0.1, 0.15) is 4.83 Å². The van der Waals surface area contributed by atoms with E-state index in [-0.39, 0.29) is 25.4 Å². The Kier molecular flexibility index (Phi) is 9.19. The molecule has 0 saturated heterocycles. The number of rotatable bonds is 10. The van der Waals surface area contributed by atoms with Crippen molar-refractivity contribution < 1.29 is 23.9 Å². The standard InChI is InChI=1S/C33H28N4O7S.CH4/c1-4-22-16-25-30(39)36(18-26(38)21-13-14-27(42-2)28(15-21)43-3)33(41)37(31(25)45-22)17-19-9-11-20(12-10-19)23-7-5-6-8-24(23)29-34-32(40)44-35-29;/h5-16H,4,17-18H2,1-3H3,(H,34,35,40);1H4/p-1. The van der Waals surface area contributed by atoms with Crippen molar-refractivity contribution in [2.45, 2.75) is 33.9 Å². The van der Waals surface area contributed by atoms with Crippen molar-refractivity contribution in [1.82, 2.24) is 19.3 Å². The molecule has 0 amide bonds. The lowest BCUT2D eigenvalue weighted by Gasteiger charge is -2.13. The van der Waals surface area contributed by atoms with Crippen molar-refractivity contribution in [3.63, 3.8) is 0 Å². The van der Waals surface area contributed by atoms with Gasteiger partial charge in [-0.1, -0.05) is 62.9 Å². The van der Waals surface area contributed by atoms with Gasteiger partial charge in [0.2, 0.25) is 0 Å². The highest BCUT2D eigenvalue weighted by Crippen LogP contribution is 2.32. The zero-order valence-corrected chi connectivity index (χ0v) is 25.4. The van der Waals surface area contributed by atoms with Crippen LogP contribution in [0.1, 0.15) is 35.1 Å². The molecule has 12 heteroatoms. The number of carbonyl (C=O) groups excluding carboxylic acids is 1. The second kappa shape index (κ2) is 13.2. The minimum atomic E-state index is -0.765. The second-order valence-corrected chi connectivity index (χ2v) is 11.3. The molecule has 46 heavy (non-hydrogen) atoms. The number of methoxy groups -OCH3 is 2. The lowest BCUT2D eigenvalue weighted by molar-refractivity contribution is -0.303. The van der Waals surface area contributed by atoms with Crippen LogP contribution in [0, 0.1) is 0 Å². The maximum Gasteiger partial charge on any atom is 0.332 e. The summed E-state index contributed by atoms with van der Waals surface area (Å²) in [4.78, 5) is 46.1. The minimum absolute atomic E-state index is 0. The van der Waals surface area contributed by atoms with Crippen molar-refractivity contribution in [2.24, 2.45) is 0 Å². The van der Waals surface area contributed by atoms with Crippen LogP contribution in [-0.2, 0) is 19.5 Å². The summed E-state index contributed by atoms with van der Waals surface area (Å²) in [5, 5.41) is 15.6. The molecule has 0 bridgehead atoms. The van der Waals surface area contributed by atoms with Crippen LogP contribution in [0.4, 0.5) is 0 Å². The van der Waals surface area contributed by atoms with E-state index in [0.717, 1.165) is 26.1 Å². The molecule has 3 aromatic heterocycles. The Morgan fingerprint density at radius 2 is 1.65 bits per heavy atom. The number of aryl methyl sites for hydroxylation is 1. The Labute approximate surface area is 267 Å². The molecule has 6 aromatic rings. The molecule has 0 unspecified atom stereocenters. The number of ether oxygens (including phenoxy) is 2. The number of benzene rings is 3. The highest BCUT2D eigenvalue weighted by molar-refractivity contribution is 7.18. The molecule has 0 fully saturated rings. The van der Waals surface area contributed by atoms with Crippen molar-refractivity contribution in [3.05, 3.63) is 110 Å². The smallest absolute Gasteiger partial charge is 0.332 e. The Balaban J connectivity index is 0.00000417. The first kappa shape index (κ1) is 31.9. The molecular weight excluding hydrogens is 608 g/mol. The molecule has 0 N–H and O–H groups in total. The minimum Gasteiger partial charge on any atom is -0.528 e. The Hall–Kier alpha value is -5.49. The van der Waals surface area contributed by atoms with Crippen molar-refractivity contribution in [1.29, 1.82) is 0 Å². The molecule has 0 aliphatic heterocycles. The van der Waals surface area contributed by atoms with E-state index in [1.807, 2.05) is 49.4 Å². The fourth-order valence-corrected chi connectivity index (χ4v) is 6.25. The molecule has 236 valence electrons. The van der Waals surface area contributed by atoms with Crippen LogP contribution in [-0.4, -0.2) is 39.3 Å². The van der Waals surface area contributed by atoms with Gasteiger partial charge in [0.05, 0.1) is 32.7 Å². The molecule has 0 radical (unpaired) electrons.